The SMILES string of the molecule is CCCCCOC(=O)c1ccc(NC(=O)[C@@H]2CC(=O)N(c3c(CC)cccc3CC)C2)cc1. The van der Waals surface area contributed by atoms with Gasteiger partial charge in [0.25, 0.3) is 0 Å². The lowest BCUT2D eigenvalue weighted by Gasteiger charge is -2.23. The first-order valence-electron chi connectivity index (χ1n) is 12.0. The summed E-state index contributed by atoms with van der Waals surface area (Å²) in [5.74, 6) is -0.989. The maximum Gasteiger partial charge on any atom is 0.338 e. The van der Waals surface area contributed by atoms with E-state index < -0.39 is 5.92 Å². The number of hydrogen-bond donors (Lipinski definition) is 1. The molecule has 0 unspecified atom stereocenters. The summed E-state index contributed by atoms with van der Waals surface area (Å²) in [6.07, 6.45) is 4.81. The predicted molar refractivity (Wildman–Crippen MR) is 131 cm³/mol. The Labute approximate surface area is 196 Å². The van der Waals surface area contributed by atoms with Crippen molar-refractivity contribution in [2.24, 2.45) is 5.92 Å². The van der Waals surface area contributed by atoms with E-state index in [-0.39, 0.29) is 24.2 Å². The number of aryl methyl sites for hydroxylation is 2. The third-order valence-corrected chi connectivity index (χ3v) is 6.10. The molecule has 0 saturated carbocycles. The highest BCUT2D eigenvalue weighted by Crippen LogP contribution is 2.32. The standard InChI is InChI=1S/C27H34N2O4/c1-4-7-8-16-33-27(32)21-12-14-23(15-13-21)28-26(31)22-17-24(30)29(18-22)25-19(5-2)10-9-11-20(25)6-3/h9-15,22H,4-8,16-18H2,1-3H3,(H,28,31)/t22-/m1/s1. The fourth-order valence-electron chi connectivity index (χ4n) is 4.20. The van der Waals surface area contributed by atoms with Gasteiger partial charge in [0.2, 0.25) is 11.8 Å². The molecule has 1 saturated heterocycles. The molecule has 2 aromatic carbocycles. The molecule has 0 spiro atoms. The molecule has 0 aromatic heterocycles. The Morgan fingerprint density at radius 1 is 1.00 bits per heavy atom. The van der Waals surface area contributed by atoms with Crippen LogP contribution in [0, 0.1) is 5.92 Å². The fraction of sp³-hybridized carbons (Fsp3) is 0.444. The van der Waals surface area contributed by atoms with E-state index in [2.05, 4.69) is 26.1 Å². The molecule has 2 aromatic rings. The molecule has 0 radical (unpaired) electrons. The lowest BCUT2D eigenvalue weighted by molar-refractivity contribution is -0.122. The minimum Gasteiger partial charge on any atom is -0.462 e. The number of para-hydroxylation sites is 1. The summed E-state index contributed by atoms with van der Waals surface area (Å²) in [7, 11) is 0. The van der Waals surface area contributed by atoms with Gasteiger partial charge in [-0.15, -0.1) is 0 Å². The predicted octanol–water partition coefficient (Wildman–Crippen LogP) is 5.15. The second-order valence-corrected chi connectivity index (χ2v) is 8.45. The van der Waals surface area contributed by atoms with E-state index in [1.165, 1.54) is 0 Å². The lowest BCUT2D eigenvalue weighted by Crippen LogP contribution is -2.29. The molecular weight excluding hydrogens is 416 g/mol. The zero-order valence-electron chi connectivity index (χ0n) is 19.9. The topological polar surface area (TPSA) is 75.7 Å². The van der Waals surface area contributed by atoms with Gasteiger partial charge in [0.05, 0.1) is 18.1 Å². The lowest BCUT2D eigenvalue weighted by atomic mass is 10.0. The number of hydrogen-bond acceptors (Lipinski definition) is 4. The first-order valence-corrected chi connectivity index (χ1v) is 12.0. The minimum absolute atomic E-state index is 0.0214. The van der Waals surface area contributed by atoms with Gasteiger partial charge in [0.15, 0.2) is 0 Å². The van der Waals surface area contributed by atoms with Gasteiger partial charge in [0, 0.05) is 24.3 Å². The molecule has 2 amide bonds. The van der Waals surface area contributed by atoms with Crippen LogP contribution in [0.1, 0.15) is 67.9 Å². The molecule has 33 heavy (non-hydrogen) atoms. The highest BCUT2D eigenvalue weighted by atomic mass is 16.5. The average Bonchev–Trinajstić information content (AvgIpc) is 3.22. The maximum atomic E-state index is 12.9. The van der Waals surface area contributed by atoms with Crippen LogP contribution in [0.4, 0.5) is 11.4 Å². The van der Waals surface area contributed by atoms with E-state index in [9.17, 15) is 14.4 Å². The van der Waals surface area contributed by atoms with Crippen molar-refractivity contribution in [2.75, 3.05) is 23.4 Å². The Kier molecular flexibility index (Phi) is 8.64. The summed E-state index contributed by atoms with van der Waals surface area (Å²) in [6.45, 7) is 7.04. The summed E-state index contributed by atoms with van der Waals surface area (Å²) < 4.78 is 5.27. The smallest absolute Gasteiger partial charge is 0.338 e. The van der Waals surface area contributed by atoms with Crippen LogP contribution in [-0.2, 0) is 27.2 Å². The summed E-state index contributed by atoms with van der Waals surface area (Å²) in [6, 6.07) is 12.8. The van der Waals surface area contributed by atoms with Crippen LogP contribution >= 0.6 is 0 Å². The second kappa shape index (κ2) is 11.6. The first-order chi connectivity index (χ1) is 16.0. The molecular formula is C27H34N2O4. The number of rotatable bonds is 10. The van der Waals surface area contributed by atoms with Gasteiger partial charge in [-0.25, -0.2) is 4.79 Å². The number of ether oxygens (including phenoxy) is 1. The molecule has 176 valence electrons. The van der Waals surface area contributed by atoms with Crippen LogP contribution in [0.15, 0.2) is 42.5 Å². The van der Waals surface area contributed by atoms with E-state index in [0.717, 1.165) is 48.9 Å². The number of esters is 1. The fourth-order valence-corrected chi connectivity index (χ4v) is 4.20. The number of nitrogens with one attached hydrogen (secondary N) is 1. The first kappa shape index (κ1) is 24.5. The van der Waals surface area contributed by atoms with Crippen molar-refractivity contribution in [3.63, 3.8) is 0 Å². The van der Waals surface area contributed by atoms with Gasteiger partial charge < -0.3 is 15.0 Å². The van der Waals surface area contributed by atoms with E-state index in [1.54, 1.807) is 29.2 Å². The third kappa shape index (κ3) is 6.01. The molecule has 1 fully saturated rings. The van der Waals surface area contributed by atoms with E-state index in [0.29, 0.717) is 24.4 Å². The largest absolute Gasteiger partial charge is 0.462 e. The molecule has 0 bridgehead atoms. The molecule has 6 nitrogen and oxygen atoms in total. The van der Waals surface area contributed by atoms with E-state index in [4.69, 9.17) is 4.74 Å². The van der Waals surface area contributed by atoms with Gasteiger partial charge >= 0.3 is 5.97 Å². The van der Waals surface area contributed by atoms with Crippen molar-refractivity contribution in [3.8, 4) is 0 Å². The summed E-state index contributed by atoms with van der Waals surface area (Å²) in [5, 5.41) is 2.89. The van der Waals surface area contributed by atoms with Gasteiger partial charge in [-0.2, -0.15) is 0 Å². The summed E-state index contributed by atoms with van der Waals surface area (Å²) in [4.78, 5) is 39.6. The number of unbranched alkanes of at least 4 members (excludes halogenated alkanes) is 2. The maximum absolute atomic E-state index is 12.9. The molecule has 1 atom stereocenters. The number of amides is 2. The highest BCUT2D eigenvalue weighted by molar-refractivity contribution is 6.04. The molecule has 0 aliphatic carbocycles. The van der Waals surface area contributed by atoms with Gasteiger partial charge in [-0.3, -0.25) is 9.59 Å². The monoisotopic (exact) mass is 450 g/mol. The van der Waals surface area contributed by atoms with Crippen molar-refractivity contribution in [1.82, 2.24) is 0 Å². The van der Waals surface area contributed by atoms with Gasteiger partial charge in [-0.1, -0.05) is 51.8 Å². The Bertz CT molecular complexity index is 962. The quantitative estimate of drug-likeness (QED) is 0.401. The summed E-state index contributed by atoms with van der Waals surface area (Å²) in [5.41, 5.74) is 4.26. The van der Waals surface area contributed by atoms with Crippen LogP contribution in [0.2, 0.25) is 0 Å². The number of nitrogens with zero attached hydrogens (tertiary/aromatic N) is 1. The highest BCUT2D eigenvalue weighted by Gasteiger charge is 2.36. The molecule has 1 heterocycles. The molecule has 1 aliphatic rings. The number of carbonyl (C=O) groups excluding carboxylic acids is 3. The number of carbonyl (C=O) groups is 3. The van der Waals surface area contributed by atoms with E-state index in [1.807, 2.05) is 18.2 Å². The molecule has 1 N–H and O–H groups in total. The Balaban J connectivity index is 1.62. The zero-order valence-corrected chi connectivity index (χ0v) is 19.9. The normalized spacial score (nSPS) is 15.5. The van der Waals surface area contributed by atoms with Gasteiger partial charge in [0.1, 0.15) is 0 Å². The Morgan fingerprint density at radius 3 is 2.27 bits per heavy atom. The third-order valence-electron chi connectivity index (χ3n) is 6.10. The minimum atomic E-state index is -0.421. The van der Waals surface area contributed by atoms with Crippen molar-refractivity contribution in [1.29, 1.82) is 0 Å². The average molecular weight is 451 g/mol. The van der Waals surface area contributed by atoms with Crippen LogP contribution in [-0.4, -0.2) is 30.9 Å². The van der Waals surface area contributed by atoms with Crippen molar-refractivity contribution < 1.29 is 19.1 Å². The summed E-state index contributed by atoms with van der Waals surface area (Å²) >= 11 is 0. The molecule has 3 rings (SSSR count). The zero-order chi connectivity index (χ0) is 23.8. The Morgan fingerprint density at radius 2 is 1.67 bits per heavy atom. The van der Waals surface area contributed by atoms with Crippen molar-refractivity contribution in [3.05, 3.63) is 59.2 Å². The van der Waals surface area contributed by atoms with Crippen LogP contribution in [0.3, 0.4) is 0 Å². The number of benzene rings is 2. The second-order valence-electron chi connectivity index (χ2n) is 8.45. The number of anilines is 2. The van der Waals surface area contributed by atoms with E-state index >= 15 is 0 Å². The Hall–Kier alpha value is -3.15. The van der Waals surface area contributed by atoms with Gasteiger partial charge in [-0.05, 0) is 54.7 Å². The van der Waals surface area contributed by atoms with Crippen molar-refractivity contribution in [2.45, 2.75) is 59.3 Å². The van der Waals surface area contributed by atoms with Crippen LogP contribution < -0.4 is 10.2 Å². The van der Waals surface area contributed by atoms with Crippen LogP contribution in [0.5, 0.6) is 0 Å². The molecule has 1 aliphatic heterocycles. The molecule has 6 heteroatoms. The van der Waals surface area contributed by atoms with Crippen molar-refractivity contribution >= 4 is 29.2 Å². The van der Waals surface area contributed by atoms with Crippen LogP contribution in [0.25, 0.3) is 0 Å².